The topological polar surface area (TPSA) is 25.6 Å². The predicted octanol–water partition coefficient (Wildman–Crippen LogP) is 6.97. The van der Waals surface area contributed by atoms with Gasteiger partial charge in [-0.15, -0.1) is 0 Å². The molecule has 1 unspecified atom stereocenters. The van der Waals surface area contributed by atoms with Crippen LogP contribution >= 0.6 is 0 Å². The van der Waals surface area contributed by atoms with Gasteiger partial charge in [0.25, 0.3) is 0 Å². The van der Waals surface area contributed by atoms with Crippen molar-refractivity contribution in [1.29, 1.82) is 0 Å². The van der Waals surface area contributed by atoms with Gasteiger partial charge in [-0.3, -0.25) is 0 Å². The van der Waals surface area contributed by atoms with Crippen LogP contribution in [0.5, 0.6) is 11.5 Å². The number of anilines is 1. The summed E-state index contributed by atoms with van der Waals surface area (Å²) in [6.45, 7) is 16.3. The Morgan fingerprint density at radius 3 is 2.37 bits per heavy atom. The van der Waals surface area contributed by atoms with Crippen molar-refractivity contribution in [3.63, 3.8) is 0 Å². The van der Waals surface area contributed by atoms with Crippen molar-refractivity contribution >= 4 is 28.2 Å². The number of ether oxygens (including phenoxy) is 2. The van der Waals surface area contributed by atoms with E-state index < -0.39 is 0 Å². The van der Waals surface area contributed by atoms with Gasteiger partial charge in [-0.1, -0.05) is 12.2 Å². The highest BCUT2D eigenvalue weighted by Crippen LogP contribution is 2.39. The third-order valence-electron chi connectivity index (χ3n) is 6.87. The van der Waals surface area contributed by atoms with Crippen LogP contribution in [-0.2, 0) is 6.54 Å². The molecule has 184 valence electrons. The highest BCUT2D eigenvalue weighted by Gasteiger charge is 2.25. The molecule has 0 saturated heterocycles. The van der Waals surface area contributed by atoms with Crippen molar-refractivity contribution in [1.82, 2.24) is 0 Å². The first-order chi connectivity index (χ1) is 17.0. The summed E-state index contributed by atoms with van der Waals surface area (Å²) in [6.07, 6.45) is 7.76. The minimum Gasteiger partial charge on any atom is -0.494 e. The molecule has 2 heterocycles. The summed E-state index contributed by atoms with van der Waals surface area (Å²) in [5, 5.41) is 1.24. The molecular weight excluding hydrogens is 432 g/mol. The van der Waals surface area contributed by atoms with Crippen LogP contribution in [0.1, 0.15) is 57.9 Å². The average Bonchev–Trinajstić information content (AvgIpc) is 2.85. The molecule has 4 heteroatoms. The van der Waals surface area contributed by atoms with E-state index in [0.29, 0.717) is 19.3 Å². The summed E-state index contributed by atoms with van der Waals surface area (Å²) in [7, 11) is 0. The van der Waals surface area contributed by atoms with Gasteiger partial charge < -0.3 is 14.4 Å². The Balaban J connectivity index is 1.73. The van der Waals surface area contributed by atoms with E-state index in [4.69, 9.17) is 9.47 Å². The molecule has 0 N–H and O–H groups in total. The molecule has 4 nitrogen and oxygen atoms in total. The maximum atomic E-state index is 5.82. The molecule has 0 spiro atoms. The van der Waals surface area contributed by atoms with Crippen LogP contribution in [-0.4, -0.2) is 25.8 Å². The Labute approximate surface area is 210 Å². The number of benzene rings is 2. The summed E-state index contributed by atoms with van der Waals surface area (Å²) < 4.78 is 13.9. The second kappa shape index (κ2) is 11.0. The van der Waals surface area contributed by atoms with E-state index in [1.54, 1.807) is 0 Å². The van der Waals surface area contributed by atoms with Crippen LogP contribution in [0.4, 0.5) is 5.69 Å². The van der Waals surface area contributed by atoms with Crippen molar-refractivity contribution < 1.29 is 14.0 Å². The van der Waals surface area contributed by atoms with Crippen molar-refractivity contribution in [3.05, 3.63) is 71.4 Å². The van der Waals surface area contributed by atoms with Gasteiger partial charge in [0.15, 0.2) is 0 Å². The first kappa shape index (κ1) is 24.8. The van der Waals surface area contributed by atoms with E-state index in [1.165, 1.54) is 39.0 Å². The maximum absolute atomic E-state index is 5.82. The number of hydrogen-bond donors (Lipinski definition) is 0. The molecule has 1 atom stereocenters. The summed E-state index contributed by atoms with van der Waals surface area (Å²) in [5.41, 5.74) is 7.64. The van der Waals surface area contributed by atoms with Gasteiger partial charge in [0.1, 0.15) is 18.0 Å². The number of aromatic nitrogens is 1. The number of allylic oxidation sites excluding steroid dienone is 2. The van der Waals surface area contributed by atoms with Crippen LogP contribution in [0, 0.1) is 6.92 Å². The Hall–Kier alpha value is -3.27. The highest BCUT2D eigenvalue weighted by molar-refractivity contribution is 5.83. The Bertz CT molecular complexity index is 1260. The van der Waals surface area contributed by atoms with Crippen LogP contribution in [0.25, 0.3) is 22.6 Å². The minimum absolute atomic E-state index is 0.466. The fourth-order valence-corrected chi connectivity index (χ4v) is 5.29. The third kappa shape index (κ3) is 5.07. The summed E-state index contributed by atoms with van der Waals surface area (Å²) >= 11 is 0. The zero-order chi connectivity index (χ0) is 24.9. The second-order valence-electron chi connectivity index (χ2n) is 9.11. The number of pyridine rings is 1. The summed E-state index contributed by atoms with van der Waals surface area (Å²) in [6, 6.07) is 15.7. The van der Waals surface area contributed by atoms with Crippen molar-refractivity contribution in [2.45, 2.75) is 60.5 Å². The first-order valence-electron chi connectivity index (χ1n) is 13.0. The number of hydrogen-bond acceptors (Lipinski definition) is 3. The molecule has 0 aliphatic carbocycles. The van der Waals surface area contributed by atoms with Crippen LogP contribution in [0.15, 0.2) is 54.6 Å². The predicted molar refractivity (Wildman–Crippen MR) is 147 cm³/mol. The van der Waals surface area contributed by atoms with Gasteiger partial charge in [-0.2, -0.15) is 4.57 Å². The molecule has 2 aromatic carbocycles. The second-order valence-corrected chi connectivity index (χ2v) is 9.11. The van der Waals surface area contributed by atoms with Crippen molar-refractivity contribution in [3.8, 4) is 11.5 Å². The Kier molecular flexibility index (Phi) is 7.80. The van der Waals surface area contributed by atoms with E-state index in [2.05, 4.69) is 97.9 Å². The maximum Gasteiger partial charge on any atom is 0.213 e. The molecule has 0 saturated carbocycles. The molecule has 3 aromatic rings. The van der Waals surface area contributed by atoms with Gasteiger partial charge in [-0.25, -0.2) is 0 Å². The van der Waals surface area contributed by atoms with Crippen LogP contribution in [0.2, 0.25) is 0 Å². The third-order valence-corrected chi connectivity index (χ3v) is 6.87. The zero-order valence-corrected chi connectivity index (χ0v) is 22.1. The molecule has 35 heavy (non-hydrogen) atoms. The molecule has 4 rings (SSSR count). The minimum atomic E-state index is 0.466. The lowest BCUT2D eigenvalue weighted by atomic mass is 9.90. The number of nitrogens with zero attached hydrogens (tertiary/aromatic N) is 2. The normalized spacial score (nSPS) is 16.8. The highest BCUT2D eigenvalue weighted by atomic mass is 16.5. The molecule has 1 aliphatic heterocycles. The van der Waals surface area contributed by atoms with Crippen molar-refractivity contribution in [2.24, 2.45) is 0 Å². The molecule has 0 amide bonds. The lowest BCUT2D eigenvalue weighted by Gasteiger charge is -2.37. The van der Waals surface area contributed by atoms with Gasteiger partial charge in [0, 0.05) is 42.0 Å². The van der Waals surface area contributed by atoms with Crippen molar-refractivity contribution in [2.75, 3.05) is 24.7 Å². The van der Waals surface area contributed by atoms with Gasteiger partial charge in [-0.05, 0) is 89.4 Å². The quantitative estimate of drug-likeness (QED) is 0.332. The summed E-state index contributed by atoms with van der Waals surface area (Å²) in [4.78, 5) is 2.49. The molecule has 1 aliphatic rings. The SMILES string of the molecule is CCOc1ccc2c(c1)C(=CC=Cc1cc(C)c3cc(OCC)ccc3[n+]1CC)CC(C)N2CC. The van der Waals surface area contributed by atoms with Gasteiger partial charge in [0.2, 0.25) is 11.2 Å². The molecule has 0 radical (unpaired) electrons. The monoisotopic (exact) mass is 471 g/mol. The van der Waals surface area contributed by atoms with E-state index in [1.807, 2.05) is 13.8 Å². The number of rotatable bonds is 8. The standard InChI is InChI=1S/C31H39N2O2/c1-7-32-23(6)19-24(29-21-27(35-10-4)15-17-31(29)32)12-11-13-25-18-22(5)28-20-26(34-9-3)14-16-30(28)33(25)8-2/h11-18,20-21,23H,7-10,19H2,1-6H3/q+1. The molecule has 1 aromatic heterocycles. The number of fused-ring (bicyclic) bond motifs is 2. The smallest absolute Gasteiger partial charge is 0.213 e. The van der Waals surface area contributed by atoms with E-state index >= 15 is 0 Å². The summed E-state index contributed by atoms with van der Waals surface area (Å²) in [5.74, 6) is 1.86. The molecule has 0 bridgehead atoms. The fraction of sp³-hybridized carbons (Fsp3) is 0.387. The zero-order valence-electron chi connectivity index (χ0n) is 22.1. The lowest BCUT2D eigenvalue weighted by Crippen LogP contribution is -2.37. The van der Waals surface area contributed by atoms with Crippen LogP contribution in [0.3, 0.4) is 0 Å². The largest absolute Gasteiger partial charge is 0.494 e. The fourth-order valence-electron chi connectivity index (χ4n) is 5.29. The van der Waals surface area contributed by atoms with Crippen LogP contribution < -0.4 is 18.9 Å². The molecule has 0 fully saturated rings. The first-order valence-corrected chi connectivity index (χ1v) is 13.0. The Morgan fingerprint density at radius 2 is 1.69 bits per heavy atom. The average molecular weight is 472 g/mol. The van der Waals surface area contributed by atoms with Gasteiger partial charge in [0.05, 0.1) is 18.6 Å². The van der Waals surface area contributed by atoms with E-state index in [0.717, 1.165) is 31.0 Å². The lowest BCUT2D eigenvalue weighted by molar-refractivity contribution is -0.669. The van der Waals surface area contributed by atoms with E-state index in [-0.39, 0.29) is 0 Å². The number of aryl methyl sites for hydroxylation is 2. The van der Waals surface area contributed by atoms with Gasteiger partial charge >= 0.3 is 0 Å². The Morgan fingerprint density at radius 1 is 0.971 bits per heavy atom. The van der Waals surface area contributed by atoms with E-state index in [9.17, 15) is 0 Å². The molecular formula is C31H39N2O2+.